The van der Waals surface area contributed by atoms with E-state index in [9.17, 15) is 18.0 Å². The molecule has 1 N–H and O–H groups in total. The molecule has 2 heterocycles. The maximum atomic E-state index is 13.7. The molecular weight excluding hydrogens is 389 g/mol. The summed E-state index contributed by atoms with van der Waals surface area (Å²) in [6.45, 7) is -1.13. The van der Waals surface area contributed by atoms with Gasteiger partial charge >= 0.3 is 6.55 Å². The fourth-order valence-electron chi connectivity index (χ4n) is 2.86. The molecular formula is C19H13F3N4OS. The van der Waals surface area contributed by atoms with Crippen LogP contribution in [0, 0.1) is 12.7 Å². The molecule has 28 heavy (non-hydrogen) atoms. The molecule has 0 fully saturated rings. The van der Waals surface area contributed by atoms with E-state index in [-0.39, 0.29) is 16.5 Å². The summed E-state index contributed by atoms with van der Waals surface area (Å²) in [6.07, 6.45) is 0. The van der Waals surface area contributed by atoms with Gasteiger partial charge in [0.25, 0.3) is 5.91 Å². The van der Waals surface area contributed by atoms with Crippen LogP contribution in [0.15, 0.2) is 48.5 Å². The number of imidazole rings is 1. The smallest absolute Gasteiger partial charge is 0.298 e. The van der Waals surface area contributed by atoms with Crippen LogP contribution in [-0.2, 0) is 0 Å². The summed E-state index contributed by atoms with van der Waals surface area (Å²) >= 11 is 1.03. The number of carbonyl (C=O) groups excluding carboxylic acids is 1. The van der Waals surface area contributed by atoms with Gasteiger partial charge in [0.1, 0.15) is 5.82 Å². The molecule has 142 valence electrons. The van der Waals surface area contributed by atoms with Crippen LogP contribution in [0.4, 0.5) is 18.3 Å². The molecule has 0 bridgehead atoms. The van der Waals surface area contributed by atoms with Crippen LogP contribution in [-0.4, -0.2) is 20.4 Å². The van der Waals surface area contributed by atoms with Gasteiger partial charge in [0, 0.05) is 5.56 Å². The number of fused-ring (bicyclic) bond motifs is 1. The summed E-state index contributed by atoms with van der Waals surface area (Å²) in [5.41, 5.74) is 1.34. The molecule has 0 aliphatic rings. The highest BCUT2D eigenvalue weighted by Gasteiger charge is 2.23. The van der Waals surface area contributed by atoms with Crippen molar-refractivity contribution in [1.29, 1.82) is 0 Å². The molecule has 0 saturated carbocycles. The van der Waals surface area contributed by atoms with Crippen molar-refractivity contribution >= 4 is 33.4 Å². The second-order valence-corrected chi connectivity index (χ2v) is 6.97. The van der Waals surface area contributed by atoms with E-state index in [0.29, 0.717) is 21.6 Å². The van der Waals surface area contributed by atoms with Crippen LogP contribution in [0.3, 0.4) is 0 Å². The molecule has 4 aromatic rings. The van der Waals surface area contributed by atoms with Crippen LogP contribution >= 0.6 is 11.3 Å². The second kappa shape index (κ2) is 7.08. The number of para-hydroxylation sites is 2. The van der Waals surface area contributed by atoms with Gasteiger partial charge in [-0.25, -0.2) is 14.4 Å². The quantitative estimate of drug-likeness (QED) is 0.507. The predicted molar refractivity (Wildman–Crippen MR) is 101 cm³/mol. The average Bonchev–Trinajstić information content (AvgIpc) is 3.21. The molecule has 0 spiro atoms. The molecule has 0 radical (unpaired) electrons. The Kier molecular flexibility index (Phi) is 4.60. The van der Waals surface area contributed by atoms with Crippen LogP contribution in [0.5, 0.6) is 0 Å². The summed E-state index contributed by atoms with van der Waals surface area (Å²) in [5.74, 6) is -0.992. The van der Waals surface area contributed by atoms with E-state index in [1.54, 1.807) is 31.2 Å². The molecule has 0 aliphatic heterocycles. The largest absolute Gasteiger partial charge is 0.320 e. The van der Waals surface area contributed by atoms with Crippen LogP contribution in [0.2, 0.25) is 0 Å². The Labute approximate surface area is 161 Å². The number of thiazole rings is 1. The lowest BCUT2D eigenvalue weighted by Gasteiger charge is -2.06. The average molecular weight is 402 g/mol. The Morgan fingerprint density at radius 3 is 2.68 bits per heavy atom. The van der Waals surface area contributed by atoms with E-state index in [1.165, 1.54) is 18.2 Å². The van der Waals surface area contributed by atoms with Crippen molar-refractivity contribution < 1.29 is 18.0 Å². The fraction of sp³-hybridized carbons (Fsp3) is 0.105. The third-order valence-corrected chi connectivity index (χ3v) is 5.17. The van der Waals surface area contributed by atoms with E-state index in [0.717, 1.165) is 22.0 Å². The number of benzene rings is 2. The molecule has 0 saturated heterocycles. The Bertz CT molecular complexity index is 1190. The van der Waals surface area contributed by atoms with Crippen molar-refractivity contribution in [2.45, 2.75) is 13.5 Å². The van der Waals surface area contributed by atoms with Crippen molar-refractivity contribution in [3.63, 3.8) is 0 Å². The zero-order chi connectivity index (χ0) is 19.8. The highest BCUT2D eigenvalue weighted by atomic mass is 32.1. The van der Waals surface area contributed by atoms with Gasteiger partial charge in [-0.05, 0) is 37.3 Å². The monoisotopic (exact) mass is 402 g/mol. The fourth-order valence-corrected chi connectivity index (χ4v) is 3.81. The minimum atomic E-state index is -2.78. The number of alkyl halides is 2. The Morgan fingerprint density at radius 1 is 1.14 bits per heavy atom. The minimum Gasteiger partial charge on any atom is -0.298 e. The van der Waals surface area contributed by atoms with Crippen molar-refractivity contribution in [2.24, 2.45) is 0 Å². The van der Waals surface area contributed by atoms with E-state index < -0.39 is 18.3 Å². The van der Waals surface area contributed by atoms with Crippen LogP contribution in [0.1, 0.15) is 22.6 Å². The number of anilines is 1. The molecule has 5 nitrogen and oxygen atoms in total. The summed E-state index contributed by atoms with van der Waals surface area (Å²) in [7, 11) is 0. The van der Waals surface area contributed by atoms with Gasteiger partial charge in [-0.1, -0.05) is 29.5 Å². The number of hydrogen-bond acceptors (Lipinski definition) is 4. The number of hydrogen-bond donors (Lipinski definition) is 1. The highest BCUT2D eigenvalue weighted by Crippen LogP contribution is 2.36. The molecule has 0 atom stereocenters. The first-order chi connectivity index (χ1) is 13.4. The molecule has 2 aromatic carbocycles. The van der Waals surface area contributed by atoms with Gasteiger partial charge in [0.15, 0.2) is 11.0 Å². The first kappa shape index (κ1) is 18.2. The number of aromatic nitrogens is 3. The zero-order valence-electron chi connectivity index (χ0n) is 14.5. The number of amides is 1. The van der Waals surface area contributed by atoms with E-state index >= 15 is 0 Å². The normalized spacial score (nSPS) is 11.3. The van der Waals surface area contributed by atoms with Crippen molar-refractivity contribution in [1.82, 2.24) is 14.5 Å². The second-order valence-electron chi connectivity index (χ2n) is 5.97. The van der Waals surface area contributed by atoms with Crippen molar-refractivity contribution in [2.75, 3.05) is 5.32 Å². The summed E-state index contributed by atoms with van der Waals surface area (Å²) < 4.78 is 41.5. The highest BCUT2D eigenvalue weighted by molar-refractivity contribution is 7.19. The van der Waals surface area contributed by atoms with Crippen LogP contribution in [0.25, 0.3) is 21.7 Å². The summed E-state index contributed by atoms with van der Waals surface area (Å²) in [6, 6.07) is 11.8. The van der Waals surface area contributed by atoms with Crippen molar-refractivity contribution in [3.8, 4) is 10.7 Å². The number of nitrogens with zero attached hydrogens (tertiary/aromatic N) is 3. The zero-order valence-corrected chi connectivity index (χ0v) is 15.3. The maximum absolute atomic E-state index is 13.7. The molecule has 1 amide bonds. The van der Waals surface area contributed by atoms with E-state index in [4.69, 9.17) is 0 Å². The van der Waals surface area contributed by atoms with E-state index in [1.807, 2.05) is 0 Å². The lowest BCUT2D eigenvalue weighted by molar-refractivity contribution is 0.0764. The standard InChI is InChI=1S/C19H13F3N4OS/c1-10-15(16-24-13-7-2-3-8-14(13)26(16)18(21)22)28-19(23-10)25-17(27)11-5-4-6-12(20)9-11/h2-9,18H,1H3,(H,23,25,27). The maximum Gasteiger partial charge on any atom is 0.320 e. The van der Waals surface area contributed by atoms with Crippen LogP contribution < -0.4 is 5.32 Å². The number of halogens is 3. The van der Waals surface area contributed by atoms with Gasteiger partial charge in [-0.3, -0.25) is 14.7 Å². The predicted octanol–water partition coefficient (Wildman–Crippen LogP) is 5.25. The first-order valence-electron chi connectivity index (χ1n) is 8.24. The van der Waals surface area contributed by atoms with Gasteiger partial charge < -0.3 is 0 Å². The Hall–Kier alpha value is -3.20. The van der Waals surface area contributed by atoms with Gasteiger partial charge in [0.2, 0.25) is 0 Å². The first-order valence-corrected chi connectivity index (χ1v) is 9.05. The third-order valence-electron chi connectivity index (χ3n) is 4.10. The number of rotatable bonds is 4. The molecule has 2 aromatic heterocycles. The minimum absolute atomic E-state index is 0.0810. The molecule has 0 unspecified atom stereocenters. The summed E-state index contributed by atoms with van der Waals surface area (Å²) in [5, 5.41) is 2.79. The number of aryl methyl sites for hydroxylation is 1. The molecule has 0 aliphatic carbocycles. The Balaban J connectivity index is 1.72. The van der Waals surface area contributed by atoms with Gasteiger partial charge in [-0.2, -0.15) is 8.78 Å². The topological polar surface area (TPSA) is 59.8 Å². The Morgan fingerprint density at radius 2 is 1.93 bits per heavy atom. The molecule has 9 heteroatoms. The van der Waals surface area contributed by atoms with Gasteiger partial charge in [-0.15, -0.1) is 0 Å². The SMILES string of the molecule is Cc1nc(NC(=O)c2cccc(F)c2)sc1-c1nc2ccccc2n1C(F)F. The van der Waals surface area contributed by atoms with Gasteiger partial charge in [0.05, 0.1) is 21.6 Å². The number of carbonyl (C=O) groups is 1. The third kappa shape index (κ3) is 3.24. The lowest BCUT2D eigenvalue weighted by atomic mass is 10.2. The van der Waals surface area contributed by atoms with Crippen molar-refractivity contribution in [3.05, 3.63) is 65.6 Å². The molecule has 4 rings (SSSR count). The number of nitrogens with one attached hydrogen (secondary N) is 1. The van der Waals surface area contributed by atoms with E-state index in [2.05, 4.69) is 15.3 Å². The lowest BCUT2D eigenvalue weighted by Crippen LogP contribution is -2.11. The summed E-state index contributed by atoms with van der Waals surface area (Å²) in [4.78, 5) is 21.3.